The molecule has 0 amide bonds. The zero-order chi connectivity index (χ0) is 13.9. The van der Waals surface area contributed by atoms with E-state index >= 15 is 0 Å². The van der Waals surface area contributed by atoms with Crippen molar-refractivity contribution in [3.05, 3.63) is 47.5 Å². The second-order valence-electron chi connectivity index (χ2n) is 5.17. The number of hydrogen-bond acceptors (Lipinski definition) is 3. The molecule has 104 valence electrons. The summed E-state index contributed by atoms with van der Waals surface area (Å²) < 4.78 is 5.96. The fourth-order valence-electron chi connectivity index (χ4n) is 2.70. The Bertz CT molecular complexity index is 566. The van der Waals surface area contributed by atoms with Crippen LogP contribution >= 0.6 is 0 Å². The lowest BCUT2D eigenvalue weighted by Crippen LogP contribution is -1.99. The normalized spacial score (nSPS) is 14.8. The lowest BCUT2D eigenvalue weighted by atomic mass is 10.00. The monoisotopic (exact) mass is 270 g/mol. The number of fused-ring (bicyclic) bond motifs is 2. The van der Waals surface area contributed by atoms with E-state index in [1.807, 2.05) is 12.1 Å². The van der Waals surface area contributed by atoms with Crippen molar-refractivity contribution in [2.24, 2.45) is 0 Å². The Balaban J connectivity index is 2.08. The van der Waals surface area contributed by atoms with E-state index in [0.29, 0.717) is 11.5 Å². The van der Waals surface area contributed by atoms with Gasteiger partial charge in [0.05, 0.1) is 0 Å². The van der Waals surface area contributed by atoms with Crippen molar-refractivity contribution in [2.75, 3.05) is 0 Å². The van der Waals surface area contributed by atoms with Gasteiger partial charge in [-0.1, -0.05) is 18.6 Å². The van der Waals surface area contributed by atoms with Crippen LogP contribution in [0, 0.1) is 0 Å². The van der Waals surface area contributed by atoms with Gasteiger partial charge in [-0.05, 0) is 49.9 Å². The third-order valence-corrected chi connectivity index (χ3v) is 3.79. The molecule has 2 aromatic rings. The predicted octanol–water partition coefficient (Wildman–Crippen LogP) is 4.16. The van der Waals surface area contributed by atoms with Crippen molar-refractivity contribution >= 4 is 0 Å². The van der Waals surface area contributed by atoms with Crippen LogP contribution < -0.4 is 4.74 Å². The number of aromatic hydroxyl groups is 2. The van der Waals surface area contributed by atoms with E-state index in [-0.39, 0.29) is 11.5 Å². The van der Waals surface area contributed by atoms with Crippen LogP contribution in [0.3, 0.4) is 0 Å². The summed E-state index contributed by atoms with van der Waals surface area (Å²) in [6, 6.07) is 10.7. The molecule has 2 aromatic carbocycles. The van der Waals surface area contributed by atoms with E-state index in [2.05, 4.69) is 0 Å². The first-order valence-corrected chi connectivity index (χ1v) is 7.05. The first kappa shape index (κ1) is 12.9. The highest BCUT2D eigenvalue weighted by atomic mass is 16.5. The van der Waals surface area contributed by atoms with Gasteiger partial charge in [-0.2, -0.15) is 0 Å². The summed E-state index contributed by atoms with van der Waals surface area (Å²) in [5, 5.41) is 20.0. The number of phenolic OH excluding ortho intramolecular Hbond substituents is 2. The minimum atomic E-state index is 0.282. The van der Waals surface area contributed by atoms with Crippen LogP contribution in [0.25, 0.3) is 0 Å². The zero-order valence-electron chi connectivity index (χ0n) is 11.3. The van der Waals surface area contributed by atoms with Gasteiger partial charge in [0.15, 0.2) is 0 Å². The molecule has 0 aromatic heterocycles. The highest BCUT2D eigenvalue weighted by Gasteiger charge is 2.15. The maximum Gasteiger partial charge on any atom is 0.134 e. The summed E-state index contributed by atoms with van der Waals surface area (Å²) in [6.45, 7) is 0. The molecule has 0 unspecified atom stereocenters. The molecule has 0 spiro atoms. The van der Waals surface area contributed by atoms with Crippen molar-refractivity contribution in [3.8, 4) is 23.0 Å². The van der Waals surface area contributed by atoms with Crippen LogP contribution in [-0.4, -0.2) is 10.2 Å². The van der Waals surface area contributed by atoms with Crippen LogP contribution in [0.1, 0.15) is 30.4 Å². The smallest absolute Gasteiger partial charge is 0.134 e. The molecule has 3 heteroatoms. The van der Waals surface area contributed by atoms with E-state index in [4.69, 9.17) is 4.74 Å². The lowest BCUT2D eigenvalue weighted by Gasteiger charge is -2.17. The molecule has 1 heterocycles. The standard InChI is InChI=1S/C17H18O3/c18-14-8-4-10-16-12(14)6-2-1-3-7-13-15(19)9-5-11-17(13)20-16/h4-5,8-11,18-19H,1-3,6-7H2. The summed E-state index contributed by atoms with van der Waals surface area (Å²) >= 11 is 0. The molecule has 2 N–H and O–H groups in total. The predicted molar refractivity (Wildman–Crippen MR) is 77.5 cm³/mol. The Kier molecular flexibility index (Phi) is 3.50. The second kappa shape index (κ2) is 5.45. The molecule has 0 saturated carbocycles. The largest absolute Gasteiger partial charge is 0.508 e. The van der Waals surface area contributed by atoms with Crippen LogP contribution in [-0.2, 0) is 12.8 Å². The fourth-order valence-corrected chi connectivity index (χ4v) is 2.70. The minimum absolute atomic E-state index is 0.282. The Morgan fingerprint density at radius 2 is 1.20 bits per heavy atom. The molecule has 0 bridgehead atoms. The molecule has 0 saturated heterocycles. The molecule has 1 aliphatic rings. The van der Waals surface area contributed by atoms with Crippen LogP contribution in [0.2, 0.25) is 0 Å². The fraction of sp³-hybridized carbons (Fsp3) is 0.294. The molecule has 3 nitrogen and oxygen atoms in total. The van der Waals surface area contributed by atoms with Gasteiger partial charge in [0.2, 0.25) is 0 Å². The van der Waals surface area contributed by atoms with Gasteiger partial charge in [-0.25, -0.2) is 0 Å². The second-order valence-corrected chi connectivity index (χ2v) is 5.17. The van der Waals surface area contributed by atoms with Gasteiger partial charge < -0.3 is 14.9 Å². The van der Waals surface area contributed by atoms with Gasteiger partial charge >= 0.3 is 0 Å². The first-order valence-electron chi connectivity index (χ1n) is 7.05. The molecule has 20 heavy (non-hydrogen) atoms. The third kappa shape index (κ3) is 2.44. The average Bonchev–Trinajstić information content (AvgIpc) is 2.44. The summed E-state index contributed by atoms with van der Waals surface area (Å²) in [5.74, 6) is 1.92. The summed E-state index contributed by atoms with van der Waals surface area (Å²) in [5.41, 5.74) is 1.70. The van der Waals surface area contributed by atoms with Crippen LogP contribution in [0.4, 0.5) is 0 Å². The summed E-state index contributed by atoms with van der Waals surface area (Å²) in [7, 11) is 0. The Morgan fingerprint density at radius 3 is 1.70 bits per heavy atom. The topological polar surface area (TPSA) is 49.7 Å². The number of benzene rings is 2. The molecular weight excluding hydrogens is 252 g/mol. The Hall–Kier alpha value is -2.16. The molecular formula is C17H18O3. The highest BCUT2D eigenvalue weighted by molar-refractivity contribution is 5.50. The van der Waals surface area contributed by atoms with Crippen molar-refractivity contribution in [1.29, 1.82) is 0 Å². The Labute approximate surface area is 118 Å². The first-order chi connectivity index (χ1) is 9.75. The van der Waals surface area contributed by atoms with E-state index in [0.717, 1.165) is 43.2 Å². The van der Waals surface area contributed by atoms with Gasteiger partial charge in [-0.3, -0.25) is 0 Å². The highest BCUT2D eigenvalue weighted by Crippen LogP contribution is 2.38. The lowest BCUT2D eigenvalue weighted by molar-refractivity contribution is 0.423. The Morgan fingerprint density at radius 1 is 0.700 bits per heavy atom. The van der Waals surface area contributed by atoms with E-state index in [1.54, 1.807) is 24.3 Å². The maximum absolute atomic E-state index is 10.0. The molecule has 0 fully saturated rings. The van der Waals surface area contributed by atoms with Gasteiger partial charge in [0, 0.05) is 11.1 Å². The molecule has 0 radical (unpaired) electrons. The van der Waals surface area contributed by atoms with E-state index < -0.39 is 0 Å². The number of ether oxygens (including phenoxy) is 1. The molecule has 1 aliphatic heterocycles. The molecule has 3 rings (SSSR count). The quantitative estimate of drug-likeness (QED) is 0.755. The van der Waals surface area contributed by atoms with Crippen molar-refractivity contribution in [3.63, 3.8) is 0 Å². The van der Waals surface area contributed by atoms with Gasteiger partial charge in [-0.15, -0.1) is 0 Å². The van der Waals surface area contributed by atoms with Crippen molar-refractivity contribution < 1.29 is 14.9 Å². The summed E-state index contributed by atoms with van der Waals surface area (Å²) in [6.07, 6.45) is 4.72. The van der Waals surface area contributed by atoms with Gasteiger partial charge in [0.25, 0.3) is 0 Å². The zero-order valence-corrected chi connectivity index (χ0v) is 11.3. The van der Waals surface area contributed by atoms with Crippen molar-refractivity contribution in [2.45, 2.75) is 32.1 Å². The van der Waals surface area contributed by atoms with Crippen LogP contribution in [0.5, 0.6) is 23.0 Å². The number of hydrogen-bond donors (Lipinski definition) is 2. The van der Waals surface area contributed by atoms with Crippen LogP contribution in [0.15, 0.2) is 36.4 Å². The van der Waals surface area contributed by atoms with Gasteiger partial charge in [0.1, 0.15) is 23.0 Å². The maximum atomic E-state index is 10.0. The molecule has 0 atom stereocenters. The third-order valence-electron chi connectivity index (χ3n) is 3.79. The molecule has 0 aliphatic carbocycles. The number of rotatable bonds is 0. The average molecular weight is 270 g/mol. The summed E-state index contributed by atoms with van der Waals surface area (Å²) in [4.78, 5) is 0. The number of phenols is 2. The van der Waals surface area contributed by atoms with Crippen molar-refractivity contribution in [1.82, 2.24) is 0 Å². The van der Waals surface area contributed by atoms with E-state index in [9.17, 15) is 10.2 Å². The SMILES string of the molecule is Oc1cccc2c1CCCCCc1c(O)cccc1O2. The van der Waals surface area contributed by atoms with E-state index in [1.165, 1.54) is 0 Å². The minimum Gasteiger partial charge on any atom is -0.508 e.